The Morgan fingerprint density at radius 1 is 1.22 bits per heavy atom. The molecule has 0 spiro atoms. The first-order valence-corrected chi connectivity index (χ1v) is 7.79. The van der Waals surface area contributed by atoms with E-state index in [1.54, 1.807) is 12.3 Å². The van der Waals surface area contributed by atoms with Crippen molar-refractivity contribution in [2.45, 2.75) is 12.5 Å². The Morgan fingerprint density at radius 3 is 2.83 bits per heavy atom. The van der Waals surface area contributed by atoms with Crippen LogP contribution in [-0.2, 0) is 0 Å². The predicted octanol–water partition coefficient (Wildman–Crippen LogP) is 1.56. The van der Waals surface area contributed by atoms with Crippen LogP contribution in [0.15, 0.2) is 41.1 Å². The molecule has 1 aliphatic heterocycles. The molecular formula is C16H18FN5O. The van der Waals surface area contributed by atoms with E-state index in [9.17, 15) is 9.18 Å². The zero-order chi connectivity index (χ0) is 15.8. The van der Waals surface area contributed by atoms with Gasteiger partial charge in [-0.05, 0) is 12.1 Å². The standard InChI is InChI=1S/C16H18FN5O/c17-11-2-1-3-12(8-11)21-4-6-22(7-5-21)13-9-14-15(18-10-13)20-16(23)19-14/h1-3,9-10,12H,4-8H2,(H2,18,19,20,23). The fourth-order valence-electron chi connectivity index (χ4n) is 3.27. The van der Waals surface area contributed by atoms with Gasteiger partial charge in [-0.2, -0.15) is 0 Å². The number of aromatic nitrogens is 3. The van der Waals surface area contributed by atoms with Crippen molar-refractivity contribution in [1.29, 1.82) is 0 Å². The summed E-state index contributed by atoms with van der Waals surface area (Å²) < 4.78 is 13.4. The second-order valence-electron chi connectivity index (χ2n) is 5.96. The first kappa shape index (κ1) is 14.2. The summed E-state index contributed by atoms with van der Waals surface area (Å²) in [5.41, 5.74) is 2.05. The van der Waals surface area contributed by atoms with E-state index in [4.69, 9.17) is 0 Å². The lowest BCUT2D eigenvalue weighted by Crippen LogP contribution is -2.50. The van der Waals surface area contributed by atoms with Crippen LogP contribution in [-0.4, -0.2) is 52.1 Å². The Labute approximate surface area is 132 Å². The number of halogens is 1. The van der Waals surface area contributed by atoms with Crippen molar-refractivity contribution in [3.8, 4) is 0 Å². The molecule has 0 saturated carbocycles. The van der Waals surface area contributed by atoms with E-state index < -0.39 is 0 Å². The molecule has 1 unspecified atom stereocenters. The van der Waals surface area contributed by atoms with E-state index in [0.717, 1.165) is 37.4 Å². The highest BCUT2D eigenvalue weighted by atomic mass is 19.1. The van der Waals surface area contributed by atoms with Crippen molar-refractivity contribution in [3.05, 3.63) is 46.8 Å². The number of hydrogen-bond acceptors (Lipinski definition) is 4. The lowest BCUT2D eigenvalue weighted by molar-refractivity contribution is 0.207. The van der Waals surface area contributed by atoms with Crippen LogP contribution in [0.25, 0.3) is 11.2 Å². The lowest BCUT2D eigenvalue weighted by atomic mass is 10.1. The van der Waals surface area contributed by atoms with Crippen LogP contribution < -0.4 is 10.6 Å². The Hall–Kier alpha value is -2.41. The molecule has 23 heavy (non-hydrogen) atoms. The number of hydrogen-bond donors (Lipinski definition) is 2. The summed E-state index contributed by atoms with van der Waals surface area (Å²) in [6.45, 7) is 3.48. The van der Waals surface area contributed by atoms with E-state index in [0.29, 0.717) is 12.1 Å². The average molecular weight is 315 g/mol. The summed E-state index contributed by atoms with van der Waals surface area (Å²) in [7, 11) is 0. The van der Waals surface area contributed by atoms with Gasteiger partial charge in [-0.1, -0.05) is 12.2 Å². The maximum atomic E-state index is 13.4. The number of piperazine rings is 1. The highest BCUT2D eigenvalue weighted by Crippen LogP contribution is 2.23. The summed E-state index contributed by atoms with van der Waals surface area (Å²) in [6, 6.07) is 2.10. The SMILES string of the molecule is O=c1[nH]c2cc(N3CCN(C4C=CC=C(F)C4)CC3)cnc2[nH]1. The third-order valence-corrected chi connectivity index (χ3v) is 4.52. The van der Waals surface area contributed by atoms with Gasteiger partial charge in [0.15, 0.2) is 5.65 Å². The van der Waals surface area contributed by atoms with Crippen molar-refractivity contribution < 1.29 is 4.39 Å². The number of anilines is 1. The van der Waals surface area contributed by atoms with Crippen LogP contribution in [0.1, 0.15) is 6.42 Å². The van der Waals surface area contributed by atoms with E-state index >= 15 is 0 Å². The summed E-state index contributed by atoms with van der Waals surface area (Å²) in [5.74, 6) is -0.0500. The smallest absolute Gasteiger partial charge is 0.325 e. The highest BCUT2D eigenvalue weighted by molar-refractivity contribution is 5.74. The van der Waals surface area contributed by atoms with E-state index in [2.05, 4.69) is 30.8 Å². The Bertz CT molecular complexity index is 828. The molecule has 4 rings (SSSR count). The molecule has 0 amide bonds. The molecule has 7 heteroatoms. The number of imidazole rings is 1. The molecule has 2 aromatic rings. The van der Waals surface area contributed by atoms with Gasteiger partial charge in [0.1, 0.15) is 5.83 Å². The molecule has 2 aliphatic rings. The molecule has 0 aromatic carbocycles. The first-order chi connectivity index (χ1) is 11.2. The molecule has 1 fully saturated rings. The Morgan fingerprint density at radius 2 is 2.04 bits per heavy atom. The highest BCUT2D eigenvalue weighted by Gasteiger charge is 2.24. The van der Waals surface area contributed by atoms with Crippen LogP contribution in [0.5, 0.6) is 0 Å². The Balaban J connectivity index is 1.45. The molecule has 0 bridgehead atoms. The minimum absolute atomic E-state index is 0.0500. The van der Waals surface area contributed by atoms with Crippen molar-refractivity contribution in [2.24, 2.45) is 0 Å². The van der Waals surface area contributed by atoms with Crippen molar-refractivity contribution in [1.82, 2.24) is 19.9 Å². The second kappa shape index (κ2) is 5.66. The number of aromatic amines is 2. The summed E-state index contributed by atoms with van der Waals surface area (Å²) in [6.07, 6.45) is 7.65. The molecule has 2 N–H and O–H groups in total. The topological polar surface area (TPSA) is 68.0 Å². The number of pyridine rings is 1. The minimum atomic E-state index is -0.242. The normalized spacial score (nSPS) is 22.6. The van der Waals surface area contributed by atoms with Crippen molar-refractivity contribution in [2.75, 3.05) is 31.1 Å². The largest absolute Gasteiger partial charge is 0.368 e. The third-order valence-electron chi connectivity index (χ3n) is 4.52. The molecular weight excluding hydrogens is 297 g/mol. The maximum Gasteiger partial charge on any atom is 0.325 e. The lowest BCUT2D eigenvalue weighted by Gasteiger charge is -2.39. The van der Waals surface area contributed by atoms with Gasteiger partial charge in [-0.15, -0.1) is 0 Å². The van der Waals surface area contributed by atoms with Gasteiger partial charge in [-0.25, -0.2) is 14.2 Å². The van der Waals surface area contributed by atoms with E-state index in [1.165, 1.54) is 6.08 Å². The van der Waals surface area contributed by atoms with Crippen LogP contribution in [0.2, 0.25) is 0 Å². The van der Waals surface area contributed by atoms with E-state index in [1.807, 2.05) is 6.07 Å². The Kier molecular flexibility index (Phi) is 3.49. The maximum absolute atomic E-state index is 13.4. The molecule has 1 aliphatic carbocycles. The molecule has 6 nitrogen and oxygen atoms in total. The first-order valence-electron chi connectivity index (χ1n) is 7.79. The second-order valence-corrected chi connectivity index (χ2v) is 5.96. The van der Waals surface area contributed by atoms with Crippen LogP contribution in [0, 0.1) is 0 Å². The van der Waals surface area contributed by atoms with Crippen molar-refractivity contribution in [3.63, 3.8) is 0 Å². The van der Waals surface area contributed by atoms with Crippen LogP contribution in [0.3, 0.4) is 0 Å². The summed E-state index contributed by atoms with van der Waals surface area (Å²) in [4.78, 5) is 25.5. The molecule has 2 aromatic heterocycles. The van der Waals surface area contributed by atoms with Gasteiger partial charge in [-0.3, -0.25) is 9.88 Å². The number of fused-ring (bicyclic) bond motifs is 1. The van der Waals surface area contributed by atoms with Crippen LogP contribution >= 0.6 is 0 Å². The number of nitrogens with zero attached hydrogens (tertiary/aromatic N) is 3. The molecule has 1 saturated heterocycles. The van der Waals surface area contributed by atoms with E-state index in [-0.39, 0.29) is 17.6 Å². The summed E-state index contributed by atoms with van der Waals surface area (Å²) >= 11 is 0. The molecule has 1 atom stereocenters. The zero-order valence-corrected chi connectivity index (χ0v) is 12.6. The fraction of sp³-hybridized carbons (Fsp3) is 0.375. The quantitative estimate of drug-likeness (QED) is 0.882. The number of rotatable bonds is 2. The number of allylic oxidation sites excluding steroid dienone is 2. The van der Waals surface area contributed by atoms with Gasteiger partial charge >= 0.3 is 5.69 Å². The molecule has 120 valence electrons. The third kappa shape index (κ3) is 2.79. The minimum Gasteiger partial charge on any atom is -0.368 e. The summed E-state index contributed by atoms with van der Waals surface area (Å²) in [5, 5.41) is 0. The van der Waals surface area contributed by atoms with Gasteiger partial charge < -0.3 is 9.88 Å². The molecule has 3 heterocycles. The van der Waals surface area contributed by atoms with Gasteiger partial charge in [0.05, 0.1) is 17.4 Å². The van der Waals surface area contributed by atoms with Gasteiger partial charge in [0.25, 0.3) is 0 Å². The predicted molar refractivity (Wildman–Crippen MR) is 87.2 cm³/mol. The van der Waals surface area contributed by atoms with Gasteiger partial charge in [0, 0.05) is 38.6 Å². The van der Waals surface area contributed by atoms with Crippen LogP contribution in [0.4, 0.5) is 10.1 Å². The van der Waals surface area contributed by atoms with Gasteiger partial charge in [0.2, 0.25) is 0 Å². The zero-order valence-electron chi connectivity index (χ0n) is 12.6. The number of nitrogens with one attached hydrogen (secondary N) is 2. The number of H-pyrrole nitrogens is 2. The average Bonchev–Trinajstić information content (AvgIpc) is 2.94. The monoisotopic (exact) mass is 315 g/mol. The fourth-order valence-corrected chi connectivity index (χ4v) is 3.27. The van der Waals surface area contributed by atoms with Crippen molar-refractivity contribution >= 4 is 16.9 Å². The molecule has 0 radical (unpaired) electrons.